The van der Waals surface area contributed by atoms with Crippen LogP contribution in [0.3, 0.4) is 0 Å². The lowest BCUT2D eigenvalue weighted by Crippen LogP contribution is -2.26. The lowest BCUT2D eigenvalue weighted by atomic mass is 9.95. The van der Waals surface area contributed by atoms with E-state index in [0.29, 0.717) is 35.8 Å². The molecule has 1 atom stereocenters. The zero-order chi connectivity index (χ0) is 26.8. The van der Waals surface area contributed by atoms with E-state index in [1.165, 1.54) is 39.0 Å². The minimum atomic E-state index is -0.308. The Labute approximate surface area is 220 Å². The number of anilines is 1. The molecule has 0 spiro atoms. The van der Waals surface area contributed by atoms with Crippen molar-refractivity contribution in [3.05, 3.63) is 45.6 Å². The number of hydrogen-bond acceptors (Lipinski definition) is 6. The van der Waals surface area contributed by atoms with Crippen molar-refractivity contribution in [1.82, 2.24) is 5.32 Å². The van der Waals surface area contributed by atoms with Crippen LogP contribution in [0, 0.1) is 0 Å². The first-order chi connectivity index (χ1) is 17.9. The molecule has 7 heteroatoms. The fourth-order valence-corrected chi connectivity index (χ4v) is 5.16. The second-order valence-electron chi connectivity index (χ2n) is 9.64. The molecule has 1 aliphatic carbocycles. The Morgan fingerprint density at radius 2 is 1.65 bits per heavy atom. The van der Waals surface area contributed by atoms with E-state index in [4.69, 9.17) is 14.2 Å². The molecule has 37 heavy (non-hydrogen) atoms. The van der Waals surface area contributed by atoms with Gasteiger partial charge in [0, 0.05) is 19.0 Å². The molecular weight excluding hydrogens is 468 g/mol. The molecule has 0 aliphatic heterocycles. The summed E-state index contributed by atoms with van der Waals surface area (Å²) in [7, 11) is 4.78. The Kier molecular flexibility index (Phi) is 10.7. The van der Waals surface area contributed by atoms with Crippen LogP contribution in [0.1, 0.15) is 82.4 Å². The van der Waals surface area contributed by atoms with Crippen molar-refractivity contribution < 1.29 is 19.0 Å². The van der Waals surface area contributed by atoms with Crippen LogP contribution in [0.15, 0.2) is 29.1 Å². The molecule has 3 rings (SSSR count). The van der Waals surface area contributed by atoms with Crippen LogP contribution in [-0.2, 0) is 11.2 Å². The van der Waals surface area contributed by atoms with Crippen LogP contribution in [0.2, 0.25) is 0 Å². The van der Waals surface area contributed by atoms with Gasteiger partial charge >= 0.3 is 0 Å². The van der Waals surface area contributed by atoms with Gasteiger partial charge in [-0.2, -0.15) is 0 Å². The fourth-order valence-electron chi connectivity index (χ4n) is 5.16. The van der Waals surface area contributed by atoms with E-state index in [-0.39, 0.29) is 17.4 Å². The van der Waals surface area contributed by atoms with Crippen LogP contribution in [-0.4, -0.2) is 33.8 Å². The van der Waals surface area contributed by atoms with Gasteiger partial charge in [0.25, 0.3) is 0 Å². The van der Waals surface area contributed by atoms with Crippen LogP contribution >= 0.6 is 0 Å². The van der Waals surface area contributed by atoms with Crippen LogP contribution in [0.25, 0.3) is 11.1 Å². The van der Waals surface area contributed by atoms with Gasteiger partial charge in [-0.1, -0.05) is 51.5 Å². The maximum absolute atomic E-state index is 13.3. The average molecular weight is 511 g/mol. The van der Waals surface area contributed by atoms with Crippen LogP contribution < -0.4 is 30.3 Å². The minimum Gasteiger partial charge on any atom is -0.493 e. The number of benzene rings is 1. The number of unbranched alkanes of at least 4 members (excludes halogenated alkanes) is 6. The summed E-state index contributed by atoms with van der Waals surface area (Å²) in [5.74, 6) is 1.50. The number of carbonyl (C=O) groups is 1. The summed E-state index contributed by atoms with van der Waals surface area (Å²) in [6.07, 6.45) is 9.83. The minimum absolute atomic E-state index is 0.0950. The van der Waals surface area contributed by atoms with E-state index in [1.807, 2.05) is 18.2 Å². The predicted octanol–water partition coefficient (Wildman–Crippen LogP) is 6.03. The third-order valence-corrected chi connectivity index (χ3v) is 7.01. The Bertz CT molecular complexity index is 1130. The molecule has 2 N–H and O–H groups in total. The largest absolute Gasteiger partial charge is 0.493 e. The first-order valence-corrected chi connectivity index (χ1v) is 13.5. The molecule has 202 valence electrons. The van der Waals surface area contributed by atoms with Crippen molar-refractivity contribution in [3.8, 4) is 28.4 Å². The highest BCUT2D eigenvalue weighted by molar-refractivity contribution is 5.83. The normalized spacial score (nSPS) is 14.1. The van der Waals surface area contributed by atoms with Crippen molar-refractivity contribution in [2.75, 3.05) is 33.2 Å². The number of rotatable bonds is 13. The van der Waals surface area contributed by atoms with Gasteiger partial charge in [0.2, 0.25) is 17.1 Å². The van der Waals surface area contributed by atoms with Crippen LogP contribution in [0.4, 0.5) is 5.69 Å². The molecule has 7 nitrogen and oxygen atoms in total. The smallest absolute Gasteiger partial charge is 0.217 e. The van der Waals surface area contributed by atoms with Crippen molar-refractivity contribution in [2.45, 2.75) is 77.7 Å². The van der Waals surface area contributed by atoms with E-state index in [0.717, 1.165) is 41.6 Å². The summed E-state index contributed by atoms with van der Waals surface area (Å²) < 4.78 is 17.1. The summed E-state index contributed by atoms with van der Waals surface area (Å²) >= 11 is 0. The monoisotopic (exact) mass is 510 g/mol. The summed E-state index contributed by atoms with van der Waals surface area (Å²) in [5, 5.41) is 6.39. The Balaban J connectivity index is 1.99. The summed E-state index contributed by atoms with van der Waals surface area (Å²) in [6.45, 7) is 4.47. The fraction of sp³-hybridized carbons (Fsp3) is 0.533. The number of aryl methyl sites for hydroxylation is 1. The topological polar surface area (TPSA) is 85.9 Å². The molecule has 0 radical (unpaired) electrons. The average Bonchev–Trinajstić information content (AvgIpc) is 3.13. The van der Waals surface area contributed by atoms with Gasteiger partial charge in [0.1, 0.15) is 0 Å². The number of hydrogen-bond donors (Lipinski definition) is 2. The van der Waals surface area contributed by atoms with Gasteiger partial charge in [-0.25, -0.2) is 0 Å². The number of fused-ring (bicyclic) bond motifs is 3. The molecule has 0 aromatic heterocycles. The number of ether oxygens (including phenoxy) is 3. The molecule has 0 heterocycles. The van der Waals surface area contributed by atoms with E-state index in [9.17, 15) is 9.59 Å². The number of methoxy groups -OCH3 is 3. The molecule has 0 saturated carbocycles. The van der Waals surface area contributed by atoms with Crippen molar-refractivity contribution in [3.63, 3.8) is 0 Å². The Morgan fingerprint density at radius 1 is 0.946 bits per heavy atom. The summed E-state index contributed by atoms with van der Waals surface area (Å²) in [6, 6.07) is 7.11. The number of carbonyl (C=O) groups excluding carboxylic acids is 1. The lowest BCUT2D eigenvalue weighted by Gasteiger charge is -2.19. The molecule has 0 unspecified atom stereocenters. The van der Waals surface area contributed by atoms with E-state index in [2.05, 4.69) is 17.6 Å². The molecule has 1 aliphatic rings. The first kappa shape index (κ1) is 28.4. The Hall–Kier alpha value is -3.22. The number of amides is 1. The van der Waals surface area contributed by atoms with Gasteiger partial charge in [-0.15, -0.1) is 0 Å². The molecule has 2 aromatic carbocycles. The predicted molar refractivity (Wildman–Crippen MR) is 149 cm³/mol. The highest BCUT2D eigenvalue weighted by atomic mass is 16.5. The molecule has 0 saturated heterocycles. The maximum Gasteiger partial charge on any atom is 0.217 e. The zero-order valence-electron chi connectivity index (χ0n) is 23.0. The van der Waals surface area contributed by atoms with E-state index >= 15 is 0 Å². The SMILES string of the molecule is CCCCCCCCCNc1ccc2c(cc1=O)[C@@H](NC(C)=O)CCc1cc(OC)c(OC)c(OC)c1-2. The number of nitrogens with one attached hydrogen (secondary N) is 2. The molecule has 0 fully saturated rings. The van der Waals surface area contributed by atoms with E-state index < -0.39 is 0 Å². The van der Waals surface area contributed by atoms with E-state index in [1.54, 1.807) is 27.4 Å². The summed E-state index contributed by atoms with van der Waals surface area (Å²) in [4.78, 5) is 25.4. The van der Waals surface area contributed by atoms with Gasteiger partial charge in [-0.3, -0.25) is 9.59 Å². The molecule has 1 amide bonds. The molecular formula is C30H42N2O5. The second kappa shape index (κ2) is 13.9. The lowest BCUT2D eigenvalue weighted by molar-refractivity contribution is -0.119. The van der Waals surface area contributed by atoms with Crippen LogP contribution in [0.5, 0.6) is 17.2 Å². The van der Waals surface area contributed by atoms with Crippen molar-refractivity contribution in [1.29, 1.82) is 0 Å². The van der Waals surface area contributed by atoms with Crippen molar-refractivity contribution >= 4 is 11.6 Å². The molecule has 0 bridgehead atoms. The summed E-state index contributed by atoms with van der Waals surface area (Å²) in [5.41, 5.74) is 3.94. The maximum atomic E-state index is 13.3. The molecule has 2 aromatic rings. The van der Waals surface area contributed by atoms with Gasteiger partial charge in [-0.05, 0) is 54.2 Å². The van der Waals surface area contributed by atoms with Gasteiger partial charge < -0.3 is 24.8 Å². The first-order valence-electron chi connectivity index (χ1n) is 13.5. The van der Waals surface area contributed by atoms with Crippen molar-refractivity contribution in [2.24, 2.45) is 0 Å². The second-order valence-corrected chi connectivity index (χ2v) is 9.64. The van der Waals surface area contributed by atoms with Gasteiger partial charge in [0.15, 0.2) is 11.5 Å². The zero-order valence-corrected chi connectivity index (χ0v) is 23.0. The highest BCUT2D eigenvalue weighted by Gasteiger charge is 2.29. The standard InChI is InChI=1S/C30H42N2O5/c1-6-7-8-9-10-11-12-17-31-25-16-14-22-23(19-26(25)34)24(32-20(2)33)15-13-21-18-27(35-3)29(36-4)30(37-5)28(21)22/h14,16,18-19,24H,6-13,15,17H2,1-5H3,(H,31,34)(H,32,33)/t24-/m0/s1. The Morgan fingerprint density at radius 3 is 2.30 bits per heavy atom. The highest BCUT2D eigenvalue weighted by Crippen LogP contribution is 2.50. The quantitative estimate of drug-likeness (QED) is 0.320. The third-order valence-electron chi connectivity index (χ3n) is 7.01. The third kappa shape index (κ3) is 6.96. The van der Waals surface area contributed by atoms with Gasteiger partial charge in [0.05, 0.1) is 33.1 Å².